The van der Waals surface area contributed by atoms with Gasteiger partial charge in [-0.1, -0.05) is 30.3 Å². The monoisotopic (exact) mass is 182 g/mol. The molecule has 0 saturated carbocycles. The van der Waals surface area contributed by atoms with E-state index in [1.54, 1.807) is 0 Å². The van der Waals surface area contributed by atoms with Crippen molar-refractivity contribution < 1.29 is 0 Å². The number of benzene rings is 1. The van der Waals surface area contributed by atoms with Crippen LogP contribution >= 0.6 is 0 Å². The second-order valence-electron chi connectivity index (χ2n) is 3.04. The van der Waals surface area contributed by atoms with Gasteiger partial charge in [0.25, 0.3) is 0 Å². The predicted octanol–water partition coefficient (Wildman–Crippen LogP) is 2.59. The van der Waals surface area contributed by atoms with Gasteiger partial charge in [-0.3, -0.25) is 0 Å². The molecule has 0 saturated heterocycles. The molecule has 0 atom stereocenters. The molecule has 0 heterocycles. The summed E-state index contributed by atoms with van der Waals surface area (Å²) in [6, 6.07) is 13.6. The van der Waals surface area contributed by atoms with Crippen molar-refractivity contribution in [3.8, 4) is 12.1 Å². The van der Waals surface area contributed by atoms with E-state index in [9.17, 15) is 0 Å². The van der Waals surface area contributed by atoms with E-state index < -0.39 is 0 Å². The van der Waals surface area contributed by atoms with Crippen LogP contribution in [0.4, 0.5) is 0 Å². The largest absolute Gasteiger partial charge is 0.192 e. The Morgan fingerprint density at radius 3 is 2.21 bits per heavy atom. The minimum atomic E-state index is 0.217. The first-order valence-electron chi connectivity index (χ1n) is 4.32. The van der Waals surface area contributed by atoms with Gasteiger partial charge < -0.3 is 0 Å². The van der Waals surface area contributed by atoms with Crippen LogP contribution in [0.5, 0.6) is 0 Å². The number of allylic oxidation sites excluding steroid dienone is 2. The molecule has 1 rings (SSSR count). The van der Waals surface area contributed by atoms with Crippen molar-refractivity contribution in [3.63, 3.8) is 0 Å². The Hall–Kier alpha value is -2.06. The first-order chi connectivity index (χ1) is 6.77. The Kier molecular flexibility index (Phi) is 3.47. The standard InChI is InChI=1S/C12H10N2/c1-10(12(8-13)9-14)7-11-5-3-2-4-6-11/h2-6H,7H2,1H3. The average molecular weight is 182 g/mol. The Morgan fingerprint density at radius 2 is 1.71 bits per heavy atom. The summed E-state index contributed by atoms with van der Waals surface area (Å²) >= 11 is 0. The molecule has 0 aliphatic carbocycles. The van der Waals surface area contributed by atoms with Crippen molar-refractivity contribution >= 4 is 0 Å². The summed E-state index contributed by atoms with van der Waals surface area (Å²) in [5.41, 5.74) is 2.16. The van der Waals surface area contributed by atoms with Crippen molar-refractivity contribution in [1.29, 1.82) is 10.5 Å². The lowest BCUT2D eigenvalue weighted by Gasteiger charge is -2.00. The number of hydrogen-bond acceptors (Lipinski definition) is 2. The second kappa shape index (κ2) is 4.84. The number of nitrogens with zero attached hydrogens (tertiary/aromatic N) is 2. The third kappa shape index (κ3) is 2.47. The molecule has 68 valence electrons. The van der Waals surface area contributed by atoms with Gasteiger partial charge in [-0.15, -0.1) is 0 Å². The Labute approximate surface area is 83.7 Å². The molecule has 0 amide bonds. The van der Waals surface area contributed by atoms with Gasteiger partial charge in [0.05, 0.1) is 0 Å². The zero-order valence-electron chi connectivity index (χ0n) is 7.99. The number of hydrogen-bond donors (Lipinski definition) is 0. The van der Waals surface area contributed by atoms with Crippen LogP contribution in [0.15, 0.2) is 41.5 Å². The molecule has 1 aromatic carbocycles. The fourth-order valence-electron chi connectivity index (χ4n) is 1.21. The minimum absolute atomic E-state index is 0.217. The highest BCUT2D eigenvalue weighted by Crippen LogP contribution is 2.10. The van der Waals surface area contributed by atoms with Gasteiger partial charge in [0.15, 0.2) is 0 Å². The third-order valence-electron chi connectivity index (χ3n) is 1.96. The fraction of sp³-hybridized carbons (Fsp3) is 0.167. The lowest BCUT2D eigenvalue weighted by Crippen LogP contribution is -1.89. The van der Waals surface area contributed by atoms with Crippen molar-refractivity contribution in [2.45, 2.75) is 13.3 Å². The molecule has 14 heavy (non-hydrogen) atoms. The zero-order valence-corrected chi connectivity index (χ0v) is 7.99. The summed E-state index contributed by atoms with van der Waals surface area (Å²) in [7, 11) is 0. The molecule has 0 bridgehead atoms. The molecular formula is C12H10N2. The van der Waals surface area contributed by atoms with Gasteiger partial charge in [0.2, 0.25) is 0 Å². The first-order valence-corrected chi connectivity index (χ1v) is 4.32. The van der Waals surface area contributed by atoms with Crippen LogP contribution in [0.1, 0.15) is 12.5 Å². The Balaban J connectivity index is 2.87. The SMILES string of the molecule is CC(Cc1ccccc1)=C(C#N)C#N. The molecule has 1 aromatic rings. The van der Waals surface area contributed by atoms with Crippen LogP contribution in [0.2, 0.25) is 0 Å². The molecule has 0 fully saturated rings. The molecule has 0 N–H and O–H groups in total. The average Bonchev–Trinajstić information content (AvgIpc) is 2.21. The van der Waals surface area contributed by atoms with E-state index in [-0.39, 0.29) is 5.57 Å². The zero-order chi connectivity index (χ0) is 10.4. The van der Waals surface area contributed by atoms with E-state index >= 15 is 0 Å². The molecule has 2 nitrogen and oxygen atoms in total. The maximum atomic E-state index is 8.64. The highest BCUT2D eigenvalue weighted by atomic mass is 14.3. The topological polar surface area (TPSA) is 47.6 Å². The van der Waals surface area contributed by atoms with Gasteiger partial charge in [-0.25, -0.2) is 0 Å². The Bertz CT molecular complexity index is 400. The van der Waals surface area contributed by atoms with E-state index in [0.717, 1.165) is 11.1 Å². The molecular weight excluding hydrogens is 172 g/mol. The predicted molar refractivity (Wildman–Crippen MR) is 54.1 cm³/mol. The Morgan fingerprint density at radius 1 is 1.14 bits per heavy atom. The first kappa shape index (κ1) is 10.0. The van der Waals surface area contributed by atoms with Crippen molar-refractivity contribution in [1.82, 2.24) is 0 Å². The number of rotatable bonds is 2. The van der Waals surface area contributed by atoms with Crippen LogP contribution in [-0.2, 0) is 6.42 Å². The highest BCUT2D eigenvalue weighted by molar-refractivity contribution is 5.41. The molecule has 2 heteroatoms. The van der Waals surface area contributed by atoms with Crippen LogP contribution < -0.4 is 0 Å². The van der Waals surface area contributed by atoms with E-state index in [0.29, 0.717) is 6.42 Å². The summed E-state index contributed by atoms with van der Waals surface area (Å²) in [5.74, 6) is 0. The fourth-order valence-corrected chi connectivity index (χ4v) is 1.21. The third-order valence-corrected chi connectivity index (χ3v) is 1.96. The van der Waals surface area contributed by atoms with Gasteiger partial charge in [0.1, 0.15) is 17.7 Å². The van der Waals surface area contributed by atoms with Crippen LogP contribution in [0.25, 0.3) is 0 Å². The quantitative estimate of drug-likeness (QED) is 0.660. The van der Waals surface area contributed by atoms with Crippen LogP contribution in [-0.4, -0.2) is 0 Å². The second-order valence-corrected chi connectivity index (χ2v) is 3.04. The minimum Gasteiger partial charge on any atom is -0.192 e. The maximum absolute atomic E-state index is 8.64. The lowest BCUT2D eigenvalue weighted by molar-refractivity contribution is 1.13. The van der Waals surface area contributed by atoms with Crippen molar-refractivity contribution in [2.24, 2.45) is 0 Å². The lowest BCUT2D eigenvalue weighted by atomic mass is 10.0. The van der Waals surface area contributed by atoms with E-state index in [1.165, 1.54) is 0 Å². The smallest absolute Gasteiger partial charge is 0.128 e. The molecule has 0 spiro atoms. The molecule has 0 aliphatic heterocycles. The van der Waals surface area contributed by atoms with Crippen LogP contribution in [0, 0.1) is 22.7 Å². The van der Waals surface area contributed by atoms with Gasteiger partial charge in [0, 0.05) is 0 Å². The summed E-state index contributed by atoms with van der Waals surface area (Å²) in [6.07, 6.45) is 0.664. The summed E-state index contributed by atoms with van der Waals surface area (Å²) in [5, 5.41) is 17.3. The summed E-state index contributed by atoms with van der Waals surface area (Å²) < 4.78 is 0. The number of nitriles is 2. The normalized spacial score (nSPS) is 8.50. The maximum Gasteiger partial charge on any atom is 0.128 e. The summed E-state index contributed by atoms with van der Waals surface area (Å²) in [4.78, 5) is 0. The van der Waals surface area contributed by atoms with Crippen molar-refractivity contribution in [3.05, 3.63) is 47.0 Å². The summed E-state index contributed by atoms with van der Waals surface area (Å²) in [6.45, 7) is 1.81. The molecule has 0 aliphatic rings. The van der Waals surface area contributed by atoms with Crippen molar-refractivity contribution in [2.75, 3.05) is 0 Å². The van der Waals surface area contributed by atoms with E-state index in [1.807, 2.05) is 49.4 Å². The van der Waals surface area contributed by atoms with Gasteiger partial charge in [-0.05, 0) is 24.5 Å². The van der Waals surface area contributed by atoms with Crippen LogP contribution in [0.3, 0.4) is 0 Å². The molecule has 0 radical (unpaired) electrons. The van der Waals surface area contributed by atoms with Gasteiger partial charge in [-0.2, -0.15) is 10.5 Å². The highest BCUT2D eigenvalue weighted by Gasteiger charge is 2.01. The van der Waals surface area contributed by atoms with E-state index in [2.05, 4.69) is 0 Å². The van der Waals surface area contributed by atoms with Gasteiger partial charge >= 0.3 is 0 Å². The molecule has 0 unspecified atom stereocenters. The van der Waals surface area contributed by atoms with E-state index in [4.69, 9.17) is 10.5 Å². The molecule has 0 aromatic heterocycles.